The molecule has 0 unspecified atom stereocenters. The van der Waals surface area contributed by atoms with E-state index in [0.29, 0.717) is 6.42 Å². The molecule has 0 amide bonds. The molecule has 2 saturated carbocycles. The van der Waals surface area contributed by atoms with Crippen LogP contribution in [0.3, 0.4) is 0 Å². The van der Waals surface area contributed by atoms with Gasteiger partial charge in [-0.25, -0.2) is 0 Å². The van der Waals surface area contributed by atoms with Crippen molar-refractivity contribution in [2.45, 2.75) is 76.7 Å². The van der Waals surface area contributed by atoms with Crippen molar-refractivity contribution in [1.82, 2.24) is 0 Å². The average molecular weight is 525 g/mol. The summed E-state index contributed by atoms with van der Waals surface area (Å²) in [5.41, 5.74) is 0.751. The number of allylic oxidation sites excluding steroid dienone is 1. The highest BCUT2D eigenvalue weighted by molar-refractivity contribution is 5.80. The molecule has 1 aromatic carbocycles. The van der Waals surface area contributed by atoms with Crippen LogP contribution in [-0.4, -0.2) is 61.8 Å². The van der Waals surface area contributed by atoms with E-state index in [1.165, 1.54) is 18.3 Å². The number of cyclic esters (lactones) is 1. The molecule has 204 valence electrons. The lowest BCUT2D eigenvalue weighted by molar-refractivity contribution is -0.365. The second-order valence-corrected chi connectivity index (χ2v) is 12.4. The van der Waals surface area contributed by atoms with E-state index < -0.39 is 52.7 Å². The minimum atomic E-state index is -1.14. The van der Waals surface area contributed by atoms with Gasteiger partial charge in [-0.1, -0.05) is 48.4 Å². The van der Waals surface area contributed by atoms with Crippen LogP contribution in [-0.2, 0) is 33.3 Å². The highest BCUT2D eigenvalue weighted by Gasteiger charge is 2.81. The number of carbonyl (C=O) groups is 2. The van der Waals surface area contributed by atoms with Crippen LogP contribution < -0.4 is 0 Å². The van der Waals surface area contributed by atoms with E-state index in [0.717, 1.165) is 24.8 Å². The van der Waals surface area contributed by atoms with Gasteiger partial charge < -0.3 is 28.8 Å². The minimum Gasteiger partial charge on any atom is -0.468 e. The van der Waals surface area contributed by atoms with Crippen LogP contribution in [0.1, 0.15) is 57.8 Å². The summed E-state index contributed by atoms with van der Waals surface area (Å²) in [6, 6.07) is 9.73. The molecule has 2 bridgehead atoms. The SMILES string of the molecule is COC(=O)[C@@]12CO[C@H]3[C@H](O)[C@@](C)(C4=C(C)CCC4)[C@@H]4CC(=O)OC[C@@]4([C@@H]4C[C@H]1O[C@H](c1ccccc1)O4)[C@@H]32. The first kappa shape index (κ1) is 24.8. The Hall–Kier alpha value is -2.26. The Morgan fingerprint density at radius 3 is 2.58 bits per heavy atom. The molecule has 38 heavy (non-hydrogen) atoms. The quantitative estimate of drug-likeness (QED) is 0.474. The van der Waals surface area contributed by atoms with Crippen molar-refractivity contribution < 1.29 is 38.4 Å². The third kappa shape index (κ3) is 2.90. The topological polar surface area (TPSA) is 101 Å². The Labute approximate surface area is 222 Å². The number of methoxy groups -OCH3 is 1. The largest absolute Gasteiger partial charge is 0.468 e. The van der Waals surface area contributed by atoms with Crippen molar-refractivity contribution in [3.63, 3.8) is 0 Å². The van der Waals surface area contributed by atoms with Crippen LogP contribution in [0.2, 0.25) is 0 Å². The average Bonchev–Trinajstić information content (AvgIpc) is 3.57. The molecular weight excluding hydrogens is 488 g/mol. The lowest BCUT2D eigenvalue weighted by Crippen LogP contribution is -2.77. The first-order valence-electron chi connectivity index (χ1n) is 13.9. The predicted octanol–water partition coefficient (Wildman–Crippen LogP) is 3.48. The molecule has 3 aliphatic carbocycles. The Balaban J connectivity index is 1.46. The summed E-state index contributed by atoms with van der Waals surface area (Å²) in [6.45, 7) is 4.45. The first-order valence-corrected chi connectivity index (χ1v) is 13.9. The number of carbonyl (C=O) groups excluding carboxylic acids is 2. The molecule has 1 N–H and O–H groups in total. The van der Waals surface area contributed by atoms with Gasteiger partial charge in [-0.3, -0.25) is 9.59 Å². The van der Waals surface area contributed by atoms with Crippen molar-refractivity contribution in [2.75, 3.05) is 20.3 Å². The maximum absolute atomic E-state index is 13.8. The van der Waals surface area contributed by atoms with E-state index in [1.54, 1.807) is 0 Å². The van der Waals surface area contributed by atoms with Gasteiger partial charge in [0.05, 0.1) is 44.6 Å². The van der Waals surface area contributed by atoms with Crippen molar-refractivity contribution in [3.8, 4) is 0 Å². The van der Waals surface area contributed by atoms with Crippen LogP contribution in [0.5, 0.6) is 0 Å². The van der Waals surface area contributed by atoms with Gasteiger partial charge in [0, 0.05) is 28.7 Å². The summed E-state index contributed by atoms with van der Waals surface area (Å²) in [5.74, 6) is -1.44. The normalized spacial score (nSPS) is 47.3. The summed E-state index contributed by atoms with van der Waals surface area (Å²) >= 11 is 0. The molecule has 0 aromatic heterocycles. The number of ether oxygens (including phenoxy) is 5. The summed E-state index contributed by atoms with van der Waals surface area (Å²) in [6.07, 6.45) is 0.413. The Morgan fingerprint density at radius 2 is 1.87 bits per heavy atom. The van der Waals surface area contributed by atoms with Crippen molar-refractivity contribution >= 4 is 11.9 Å². The molecule has 3 heterocycles. The van der Waals surface area contributed by atoms with E-state index >= 15 is 0 Å². The van der Waals surface area contributed by atoms with Crippen LogP contribution in [0.25, 0.3) is 0 Å². The summed E-state index contributed by atoms with van der Waals surface area (Å²) in [7, 11) is 1.39. The third-order valence-electron chi connectivity index (χ3n) is 11.1. The van der Waals surface area contributed by atoms with E-state index in [9.17, 15) is 14.7 Å². The molecular formula is C30H36O8. The van der Waals surface area contributed by atoms with Gasteiger partial charge in [0.25, 0.3) is 0 Å². The fourth-order valence-electron chi connectivity index (χ4n) is 9.53. The molecule has 7 rings (SSSR count). The van der Waals surface area contributed by atoms with Gasteiger partial charge in [0.15, 0.2) is 6.29 Å². The number of benzene rings is 1. The highest BCUT2D eigenvalue weighted by atomic mass is 16.7. The highest BCUT2D eigenvalue weighted by Crippen LogP contribution is 2.73. The van der Waals surface area contributed by atoms with E-state index in [1.807, 2.05) is 30.3 Å². The lowest BCUT2D eigenvalue weighted by Gasteiger charge is -2.69. The molecule has 0 radical (unpaired) electrons. The fourth-order valence-corrected chi connectivity index (χ4v) is 9.53. The fraction of sp³-hybridized carbons (Fsp3) is 0.667. The monoisotopic (exact) mass is 524 g/mol. The molecule has 10 atom stereocenters. The molecule has 1 spiro atoms. The molecule has 1 aromatic rings. The number of aliphatic hydroxyl groups excluding tert-OH is 1. The molecule has 8 heteroatoms. The van der Waals surface area contributed by atoms with Crippen molar-refractivity contribution in [2.24, 2.45) is 28.1 Å². The van der Waals surface area contributed by atoms with E-state index in [4.69, 9.17) is 23.7 Å². The van der Waals surface area contributed by atoms with Gasteiger partial charge in [0.1, 0.15) is 12.0 Å². The molecule has 5 fully saturated rings. The zero-order valence-corrected chi connectivity index (χ0v) is 22.2. The van der Waals surface area contributed by atoms with Gasteiger partial charge in [0.2, 0.25) is 0 Å². The van der Waals surface area contributed by atoms with E-state index in [-0.39, 0.29) is 37.6 Å². The number of esters is 2. The van der Waals surface area contributed by atoms with Crippen LogP contribution in [0, 0.1) is 28.1 Å². The standard InChI is InChI=1S/C30H36O8/c1-16-8-7-11-18(16)28(2)19-12-22(31)35-14-29(19)20-13-21(38-26(37-20)17-9-5-4-6-10-17)30(27(33)34-3)15-36-23(24(29)30)25(28)32/h4-6,9-10,19-21,23-26,32H,7-8,11-15H2,1-3H3/t19-,20-,21+,23+,24+,25-,26+,28-,29+,30-/m0/s1. The second kappa shape index (κ2) is 8.37. The van der Waals surface area contributed by atoms with Crippen LogP contribution >= 0.6 is 0 Å². The number of fused-ring (bicyclic) bond motifs is 3. The van der Waals surface area contributed by atoms with Crippen molar-refractivity contribution in [3.05, 3.63) is 47.0 Å². The maximum atomic E-state index is 13.8. The van der Waals surface area contributed by atoms with Gasteiger partial charge in [-0.15, -0.1) is 0 Å². The van der Waals surface area contributed by atoms with Gasteiger partial charge in [-0.05, 0) is 32.1 Å². The first-order chi connectivity index (χ1) is 18.3. The summed E-state index contributed by atoms with van der Waals surface area (Å²) < 4.78 is 31.1. The zero-order chi connectivity index (χ0) is 26.4. The minimum absolute atomic E-state index is 0.0848. The van der Waals surface area contributed by atoms with Crippen molar-refractivity contribution in [1.29, 1.82) is 0 Å². The molecule has 3 saturated heterocycles. The zero-order valence-electron chi connectivity index (χ0n) is 22.2. The molecule has 6 aliphatic rings. The second-order valence-electron chi connectivity index (χ2n) is 12.4. The molecule has 8 nitrogen and oxygen atoms in total. The van der Waals surface area contributed by atoms with E-state index in [2.05, 4.69) is 13.8 Å². The van der Waals surface area contributed by atoms with Crippen LogP contribution in [0.4, 0.5) is 0 Å². The maximum Gasteiger partial charge on any atom is 0.317 e. The summed E-state index contributed by atoms with van der Waals surface area (Å²) in [4.78, 5) is 26.8. The number of hydrogen-bond donors (Lipinski definition) is 1. The number of rotatable bonds is 3. The Kier molecular flexibility index (Phi) is 5.45. The van der Waals surface area contributed by atoms with Gasteiger partial charge in [-0.2, -0.15) is 0 Å². The Morgan fingerprint density at radius 1 is 1.11 bits per heavy atom. The molecule has 3 aliphatic heterocycles. The Bertz CT molecular complexity index is 1200. The number of aliphatic hydroxyl groups is 1. The van der Waals surface area contributed by atoms with Crippen LogP contribution in [0.15, 0.2) is 41.5 Å². The predicted molar refractivity (Wildman–Crippen MR) is 133 cm³/mol. The number of hydrogen-bond acceptors (Lipinski definition) is 8. The lowest BCUT2D eigenvalue weighted by atomic mass is 9.38. The summed E-state index contributed by atoms with van der Waals surface area (Å²) in [5, 5.41) is 12.2. The van der Waals surface area contributed by atoms with Gasteiger partial charge >= 0.3 is 11.9 Å². The third-order valence-corrected chi connectivity index (χ3v) is 11.1. The smallest absolute Gasteiger partial charge is 0.317 e.